The summed E-state index contributed by atoms with van der Waals surface area (Å²) in [6.07, 6.45) is -1.98. The minimum atomic E-state index is -4.42. The highest BCUT2D eigenvalue weighted by atomic mass is 19.4. The number of amides is 1. The number of rotatable bonds is 5. The summed E-state index contributed by atoms with van der Waals surface area (Å²) in [4.78, 5) is 23.6. The zero-order chi connectivity index (χ0) is 21.3. The van der Waals surface area contributed by atoms with Gasteiger partial charge in [-0.05, 0) is 42.8 Å². The molecule has 1 aliphatic rings. The van der Waals surface area contributed by atoms with Gasteiger partial charge in [0.05, 0.1) is 12.2 Å². The van der Waals surface area contributed by atoms with Crippen LogP contribution >= 0.6 is 0 Å². The summed E-state index contributed by atoms with van der Waals surface area (Å²) in [6, 6.07) is 8.07. The molecule has 30 heavy (non-hydrogen) atoms. The van der Waals surface area contributed by atoms with Gasteiger partial charge in [0, 0.05) is 44.4 Å². The fourth-order valence-electron chi connectivity index (χ4n) is 3.83. The Morgan fingerprint density at radius 1 is 1.23 bits per heavy atom. The number of pyridine rings is 1. The Hall–Kier alpha value is -2.94. The second-order valence-electron chi connectivity index (χ2n) is 7.27. The lowest BCUT2D eigenvalue weighted by atomic mass is 10.1. The topological polar surface area (TPSA) is 60.2 Å². The van der Waals surface area contributed by atoms with Gasteiger partial charge in [-0.15, -0.1) is 0 Å². The first-order chi connectivity index (χ1) is 14.4. The zero-order valence-electron chi connectivity index (χ0n) is 16.4. The van der Waals surface area contributed by atoms with Crippen LogP contribution in [0, 0.1) is 0 Å². The number of methoxy groups -OCH3 is 1. The normalized spacial score (nSPS) is 17.1. The van der Waals surface area contributed by atoms with Crippen LogP contribution in [0.3, 0.4) is 0 Å². The number of ether oxygens (including phenoxy) is 1. The van der Waals surface area contributed by atoms with Crippen molar-refractivity contribution in [2.45, 2.75) is 25.1 Å². The molecule has 1 saturated heterocycles. The Morgan fingerprint density at radius 2 is 2.00 bits per heavy atom. The van der Waals surface area contributed by atoms with Crippen molar-refractivity contribution in [1.82, 2.24) is 19.4 Å². The molecule has 1 atom stereocenters. The molecule has 9 heteroatoms. The summed E-state index contributed by atoms with van der Waals surface area (Å²) < 4.78 is 45.5. The number of carbonyl (C=O) groups is 1. The van der Waals surface area contributed by atoms with Gasteiger partial charge in [-0.1, -0.05) is 0 Å². The Balaban J connectivity index is 1.54. The van der Waals surface area contributed by atoms with E-state index in [1.54, 1.807) is 18.2 Å². The summed E-state index contributed by atoms with van der Waals surface area (Å²) in [5.74, 6) is 0.599. The number of likely N-dealkylation sites (tertiary alicyclic amines) is 1. The number of fused-ring (bicyclic) bond motifs is 1. The van der Waals surface area contributed by atoms with E-state index in [2.05, 4.69) is 4.98 Å². The van der Waals surface area contributed by atoms with Crippen LogP contribution in [-0.4, -0.2) is 52.1 Å². The number of alkyl halides is 3. The predicted octanol–water partition coefficient (Wildman–Crippen LogP) is 3.73. The maximum atomic E-state index is 12.8. The summed E-state index contributed by atoms with van der Waals surface area (Å²) in [7, 11) is 1.63. The summed E-state index contributed by atoms with van der Waals surface area (Å²) >= 11 is 0. The van der Waals surface area contributed by atoms with E-state index in [1.165, 1.54) is 12.1 Å². The quantitative estimate of drug-likeness (QED) is 0.634. The smallest absolute Gasteiger partial charge is 0.383 e. The van der Waals surface area contributed by atoms with Gasteiger partial charge in [0.1, 0.15) is 11.3 Å². The van der Waals surface area contributed by atoms with E-state index in [4.69, 9.17) is 9.72 Å². The molecule has 0 spiro atoms. The van der Waals surface area contributed by atoms with E-state index in [0.29, 0.717) is 26.2 Å². The fraction of sp³-hybridized carbons (Fsp3) is 0.381. The van der Waals surface area contributed by atoms with Gasteiger partial charge in [-0.25, -0.2) is 9.97 Å². The minimum Gasteiger partial charge on any atom is -0.383 e. The average Bonchev–Trinajstić information content (AvgIpc) is 3.36. The molecule has 0 aliphatic carbocycles. The molecule has 1 aliphatic heterocycles. The number of halogens is 3. The molecule has 0 saturated carbocycles. The number of aromatic nitrogens is 3. The molecule has 158 valence electrons. The third-order valence-corrected chi connectivity index (χ3v) is 5.35. The van der Waals surface area contributed by atoms with Gasteiger partial charge in [0.15, 0.2) is 5.65 Å². The Labute approximate surface area is 171 Å². The van der Waals surface area contributed by atoms with E-state index in [9.17, 15) is 18.0 Å². The van der Waals surface area contributed by atoms with E-state index in [0.717, 1.165) is 35.5 Å². The zero-order valence-corrected chi connectivity index (χ0v) is 16.4. The number of carbonyl (C=O) groups excluding carboxylic acids is 1. The number of nitrogens with zero attached hydrogens (tertiary/aromatic N) is 4. The largest absolute Gasteiger partial charge is 0.416 e. The molecule has 3 heterocycles. The molecule has 3 aromatic rings. The second kappa shape index (κ2) is 8.06. The molecular weight excluding hydrogens is 397 g/mol. The molecule has 0 unspecified atom stereocenters. The Bertz CT molecular complexity index is 1050. The highest BCUT2D eigenvalue weighted by Gasteiger charge is 2.33. The second-order valence-corrected chi connectivity index (χ2v) is 7.27. The lowest BCUT2D eigenvalue weighted by Crippen LogP contribution is -2.29. The van der Waals surface area contributed by atoms with Gasteiger partial charge in [-0.2, -0.15) is 13.2 Å². The number of benzene rings is 1. The van der Waals surface area contributed by atoms with E-state index < -0.39 is 11.7 Å². The van der Waals surface area contributed by atoms with Crippen LogP contribution in [0.4, 0.5) is 13.2 Å². The lowest BCUT2D eigenvalue weighted by molar-refractivity contribution is -0.137. The van der Waals surface area contributed by atoms with Crippen molar-refractivity contribution in [3.05, 3.63) is 59.5 Å². The third kappa shape index (κ3) is 3.89. The van der Waals surface area contributed by atoms with Crippen LogP contribution < -0.4 is 0 Å². The molecule has 0 N–H and O–H groups in total. The highest BCUT2D eigenvalue weighted by Crippen LogP contribution is 2.31. The van der Waals surface area contributed by atoms with Gasteiger partial charge in [-0.3, -0.25) is 4.79 Å². The lowest BCUT2D eigenvalue weighted by Gasteiger charge is -2.17. The van der Waals surface area contributed by atoms with Crippen LogP contribution in [0.25, 0.3) is 11.2 Å². The molecule has 2 aromatic heterocycles. The first-order valence-electron chi connectivity index (χ1n) is 9.65. The summed E-state index contributed by atoms with van der Waals surface area (Å²) in [5.41, 5.74) is 1.05. The van der Waals surface area contributed by atoms with Gasteiger partial charge < -0.3 is 14.2 Å². The summed E-state index contributed by atoms with van der Waals surface area (Å²) in [5, 5.41) is 0. The van der Waals surface area contributed by atoms with Crippen LogP contribution in [0.1, 0.15) is 34.1 Å². The molecule has 6 nitrogen and oxygen atoms in total. The van der Waals surface area contributed by atoms with E-state index >= 15 is 0 Å². The fourth-order valence-corrected chi connectivity index (χ4v) is 3.83. The van der Waals surface area contributed by atoms with E-state index in [-0.39, 0.29) is 17.4 Å². The van der Waals surface area contributed by atoms with Gasteiger partial charge in [0.2, 0.25) is 0 Å². The molecule has 1 amide bonds. The van der Waals surface area contributed by atoms with Crippen molar-refractivity contribution in [2.24, 2.45) is 0 Å². The number of imidazole rings is 1. The van der Waals surface area contributed by atoms with Crippen LogP contribution in [0.15, 0.2) is 42.6 Å². The average molecular weight is 418 g/mol. The first kappa shape index (κ1) is 20.3. The maximum absolute atomic E-state index is 12.8. The van der Waals surface area contributed by atoms with Crippen molar-refractivity contribution < 1.29 is 22.7 Å². The summed E-state index contributed by atoms with van der Waals surface area (Å²) in [6.45, 7) is 2.08. The molecule has 0 radical (unpaired) electrons. The van der Waals surface area contributed by atoms with Crippen LogP contribution in [0.2, 0.25) is 0 Å². The maximum Gasteiger partial charge on any atom is 0.416 e. The van der Waals surface area contributed by atoms with Crippen molar-refractivity contribution in [3.8, 4) is 0 Å². The van der Waals surface area contributed by atoms with Gasteiger partial charge in [0.25, 0.3) is 5.91 Å². The van der Waals surface area contributed by atoms with Crippen molar-refractivity contribution in [3.63, 3.8) is 0 Å². The molecule has 0 bridgehead atoms. The predicted molar refractivity (Wildman–Crippen MR) is 104 cm³/mol. The van der Waals surface area contributed by atoms with Crippen molar-refractivity contribution in [2.75, 3.05) is 26.8 Å². The van der Waals surface area contributed by atoms with Crippen LogP contribution in [0.5, 0.6) is 0 Å². The van der Waals surface area contributed by atoms with Crippen molar-refractivity contribution in [1.29, 1.82) is 0 Å². The number of hydrogen-bond acceptors (Lipinski definition) is 4. The molecule has 1 fully saturated rings. The van der Waals surface area contributed by atoms with Crippen LogP contribution in [-0.2, 0) is 17.5 Å². The first-order valence-corrected chi connectivity index (χ1v) is 9.65. The number of hydrogen-bond donors (Lipinski definition) is 0. The monoisotopic (exact) mass is 418 g/mol. The van der Waals surface area contributed by atoms with Gasteiger partial charge >= 0.3 is 6.18 Å². The molecule has 1 aromatic carbocycles. The Kier molecular flexibility index (Phi) is 5.46. The molecule has 4 rings (SSSR count). The third-order valence-electron chi connectivity index (χ3n) is 5.35. The standard InChI is InChI=1S/C21H21F3N4O2/c1-30-12-11-28-18(26-17-3-2-9-25-19(17)28)15-8-10-27(13-15)20(29)14-4-6-16(7-5-14)21(22,23)24/h2-7,9,15H,8,10-13H2,1H3/t15-/m1/s1. The van der Waals surface area contributed by atoms with E-state index in [1.807, 2.05) is 16.7 Å². The highest BCUT2D eigenvalue weighted by molar-refractivity contribution is 5.94. The van der Waals surface area contributed by atoms with Crippen molar-refractivity contribution >= 4 is 17.1 Å². The minimum absolute atomic E-state index is 0.0226. The Morgan fingerprint density at radius 3 is 2.70 bits per heavy atom. The molecular formula is C21H21F3N4O2. The SMILES string of the molecule is COCCn1c([C@@H]2CCN(C(=O)c3ccc(C(F)(F)F)cc3)C2)nc2cccnc21.